The first-order chi connectivity index (χ1) is 14.0. The van der Waals surface area contributed by atoms with Gasteiger partial charge < -0.3 is 4.90 Å². The van der Waals surface area contributed by atoms with E-state index in [0.717, 1.165) is 37.9 Å². The summed E-state index contributed by atoms with van der Waals surface area (Å²) < 4.78 is 13.9. The molecule has 2 aliphatic rings. The van der Waals surface area contributed by atoms with Gasteiger partial charge in [-0.3, -0.25) is 19.4 Å². The van der Waals surface area contributed by atoms with Gasteiger partial charge in [-0.2, -0.15) is 0 Å². The van der Waals surface area contributed by atoms with Crippen LogP contribution in [0.15, 0.2) is 53.4 Å². The third-order valence-electron chi connectivity index (χ3n) is 5.15. The van der Waals surface area contributed by atoms with Gasteiger partial charge in [0.05, 0.1) is 11.6 Å². The molecule has 0 bridgehead atoms. The number of carbonyl (C=O) groups excluding carboxylic acids is 2. The van der Waals surface area contributed by atoms with E-state index < -0.39 is 5.82 Å². The molecule has 29 heavy (non-hydrogen) atoms. The zero-order valence-electron chi connectivity index (χ0n) is 16.2. The zero-order chi connectivity index (χ0) is 20.4. The van der Waals surface area contributed by atoms with Crippen LogP contribution in [0.3, 0.4) is 0 Å². The smallest absolute Gasteiger partial charge is 0.294 e. The van der Waals surface area contributed by atoms with E-state index in [4.69, 9.17) is 0 Å². The van der Waals surface area contributed by atoms with Crippen LogP contribution in [-0.2, 0) is 4.79 Å². The van der Waals surface area contributed by atoms with Crippen molar-refractivity contribution in [2.75, 3.05) is 37.7 Å². The van der Waals surface area contributed by atoms with Gasteiger partial charge in [-0.05, 0) is 48.5 Å². The quantitative estimate of drug-likeness (QED) is 0.713. The second-order valence-corrected chi connectivity index (χ2v) is 8.21. The number of halogens is 1. The van der Waals surface area contributed by atoms with Crippen molar-refractivity contribution >= 4 is 34.7 Å². The van der Waals surface area contributed by atoms with Crippen LogP contribution in [0, 0.1) is 12.7 Å². The maximum atomic E-state index is 13.9. The Labute approximate surface area is 173 Å². The van der Waals surface area contributed by atoms with Crippen LogP contribution in [-0.4, -0.2) is 53.8 Å². The molecule has 2 aromatic rings. The number of rotatable bonds is 4. The predicted molar refractivity (Wildman–Crippen MR) is 114 cm³/mol. The largest absolute Gasteiger partial charge is 0.369 e. The summed E-state index contributed by atoms with van der Waals surface area (Å²) in [4.78, 5) is 31.0. The van der Waals surface area contributed by atoms with Crippen molar-refractivity contribution in [1.29, 1.82) is 0 Å². The van der Waals surface area contributed by atoms with Crippen molar-refractivity contribution in [3.63, 3.8) is 0 Å². The third-order valence-corrected chi connectivity index (χ3v) is 6.05. The minimum Gasteiger partial charge on any atom is -0.369 e. The molecule has 150 valence electrons. The fourth-order valence-electron chi connectivity index (χ4n) is 3.53. The van der Waals surface area contributed by atoms with E-state index in [0.29, 0.717) is 5.56 Å². The van der Waals surface area contributed by atoms with Crippen LogP contribution in [0.1, 0.15) is 11.1 Å². The number of hydrogen-bond donors (Lipinski definition) is 0. The molecule has 0 unspecified atom stereocenters. The Balaban J connectivity index is 1.38. The van der Waals surface area contributed by atoms with Gasteiger partial charge in [-0.1, -0.05) is 30.3 Å². The number of imide groups is 1. The lowest BCUT2D eigenvalue weighted by atomic mass is 10.2. The van der Waals surface area contributed by atoms with E-state index in [-0.39, 0.29) is 22.7 Å². The molecule has 2 aromatic carbocycles. The molecule has 0 aliphatic carbocycles. The van der Waals surface area contributed by atoms with E-state index >= 15 is 0 Å². The highest BCUT2D eigenvalue weighted by atomic mass is 32.2. The number of carbonyl (C=O) groups is 2. The summed E-state index contributed by atoms with van der Waals surface area (Å²) in [6, 6.07) is 14.6. The van der Waals surface area contributed by atoms with Crippen molar-refractivity contribution in [2.24, 2.45) is 0 Å². The van der Waals surface area contributed by atoms with Crippen molar-refractivity contribution in [2.45, 2.75) is 6.92 Å². The summed E-state index contributed by atoms with van der Waals surface area (Å²) in [6.45, 7) is 5.55. The van der Waals surface area contributed by atoms with Crippen molar-refractivity contribution in [1.82, 2.24) is 9.80 Å². The SMILES string of the molecule is Cc1cccc(N2CCN(CN3C(=O)S/C(=C/c4ccccc4F)C3=O)CC2)c1. The first-order valence-corrected chi connectivity index (χ1v) is 10.4. The van der Waals surface area contributed by atoms with E-state index in [2.05, 4.69) is 41.0 Å². The Morgan fingerprint density at radius 3 is 2.52 bits per heavy atom. The molecule has 2 aliphatic heterocycles. The number of benzene rings is 2. The van der Waals surface area contributed by atoms with Crippen molar-refractivity contribution < 1.29 is 14.0 Å². The minimum absolute atomic E-state index is 0.262. The van der Waals surface area contributed by atoms with E-state index in [1.54, 1.807) is 18.2 Å². The Morgan fingerprint density at radius 2 is 1.79 bits per heavy atom. The summed E-state index contributed by atoms with van der Waals surface area (Å²) in [6.07, 6.45) is 1.45. The van der Waals surface area contributed by atoms with E-state index in [1.165, 1.54) is 28.3 Å². The van der Waals surface area contributed by atoms with Crippen molar-refractivity contribution in [3.8, 4) is 0 Å². The monoisotopic (exact) mass is 411 g/mol. The summed E-state index contributed by atoms with van der Waals surface area (Å²) in [5.74, 6) is -0.768. The molecule has 0 spiro atoms. The van der Waals surface area contributed by atoms with Gasteiger partial charge >= 0.3 is 0 Å². The predicted octanol–water partition coefficient (Wildman–Crippen LogP) is 3.95. The van der Waals surface area contributed by atoms with Gasteiger partial charge in [-0.15, -0.1) is 0 Å². The van der Waals surface area contributed by atoms with Gasteiger partial charge in [0, 0.05) is 37.4 Å². The number of anilines is 1. The number of nitrogens with zero attached hydrogens (tertiary/aromatic N) is 3. The molecule has 0 saturated carbocycles. The number of aryl methyl sites for hydroxylation is 1. The highest BCUT2D eigenvalue weighted by Gasteiger charge is 2.36. The van der Waals surface area contributed by atoms with Crippen LogP contribution in [0.4, 0.5) is 14.9 Å². The van der Waals surface area contributed by atoms with Crippen LogP contribution in [0.2, 0.25) is 0 Å². The Morgan fingerprint density at radius 1 is 1.03 bits per heavy atom. The molecule has 4 rings (SSSR count). The maximum absolute atomic E-state index is 13.9. The summed E-state index contributed by atoms with van der Waals surface area (Å²) in [5.41, 5.74) is 2.73. The molecule has 0 aromatic heterocycles. The van der Waals surface area contributed by atoms with Crippen LogP contribution in [0.5, 0.6) is 0 Å². The van der Waals surface area contributed by atoms with Crippen LogP contribution < -0.4 is 4.90 Å². The normalized spacial score (nSPS) is 19.4. The molecular weight excluding hydrogens is 389 g/mol. The average molecular weight is 412 g/mol. The molecule has 2 saturated heterocycles. The molecular formula is C22H22FN3O2S. The third kappa shape index (κ3) is 4.36. The molecule has 0 atom stereocenters. The van der Waals surface area contributed by atoms with Crippen molar-refractivity contribution in [3.05, 3.63) is 70.4 Å². The summed E-state index contributed by atoms with van der Waals surface area (Å²) in [7, 11) is 0. The van der Waals surface area contributed by atoms with E-state index in [1.807, 2.05) is 0 Å². The first-order valence-electron chi connectivity index (χ1n) is 9.55. The van der Waals surface area contributed by atoms with Gasteiger partial charge in [-0.25, -0.2) is 4.39 Å². The molecule has 2 fully saturated rings. The molecule has 7 heteroatoms. The number of thioether (sulfide) groups is 1. The zero-order valence-corrected chi connectivity index (χ0v) is 17.0. The molecule has 0 radical (unpaired) electrons. The summed E-state index contributed by atoms with van der Waals surface area (Å²) >= 11 is 0.868. The number of piperazine rings is 1. The standard InChI is InChI=1S/C22H22FN3O2S/c1-16-5-4-7-18(13-16)25-11-9-24(10-12-25)15-26-21(27)20(29-22(26)28)14-17-6-2-3-8-19(17)23/h2-8,13-14H,9-12,15H2,1H3/b20-14+. The second-order valence-electron chi connectivity index (χ2n) is 7.22. The van der Waals surface area contributed by atoms with E-state index in [9.17, 15) is 14.0 Å². The topological polar surface area (TPSA) is 43.9 Å². The summed E-state index contributed by atoms with van der Waals surface area (Å²) in [5, 5.41) is -0.307. The molecule has 0 N–H and O–H groups in total. The Kier molecular flexibility index (Phi) is 5.69. The molecule has 2 heterocycles. The fraction of sp³-hybridized carbons (Fsp3) is 0.273. The maximum Gasteiger partial charge on any atom is 0.294 e. The molecule has 5 nitrogen and oxygen atoms in total. The van der Waals surface area contributed by atoms with Gasteiger partial charge in [0.2, 0.25) is 0 Å². The second kappa shape index (κ2) is 8.39. The number of hydrogen-bond acceptors (Lipinski definition) is 5. The Bertz CT molecular complexity index is 970. The lowest BCUT2D eigenvalue weighted by Crippen LogP contribution is -2.50. The average Bonchev–Trinajstić information content (AvgIpc) is 2.98. The highest BCUT2D eigenvalue weighted by molar-refractivity contribution is 8.18. The van der Waals surface area contributed by atoms with Gasteiger partial charge in [0.1, 0.15) is 5.82 Å². The lowest BCUT2D eigenvalue weighted by molar-refractivity contribution is -0.124. The molecule has 2 amide bonds. The number of amides is 2. The Hall–Kier alpha value is -2.64. The minimum atomic E-state index is -0.411. The van der Waals surface area contributed by atoms with Gasteiger partial charge in [0.25, 0.3) is 11.1 Å². The van der Waals surface area contributed by atoms with Gasteiger partial charge in [0.15, 0.2) is 0 Å². The fourth-order valence-corrected chi connectivity index (χ4v) is 4.35. The van der Waals surface area contributed by atoms with Crippen LogP contribution in [0.25, 0.3) is 6.08 Å². The first kappa shape index (κ1) is 19.7. The van der Waals surface area contributed by atoms with Crippen LogP contribution >= 0.6 is 11.8 Å². The lowest BCUT2D eigenvalue weighted by Gasteiger charge is -2.37. The highest BCUT2D eigenvalue weighted by Crippen LogP contribution is 2.33.